The van der Waals surface area contributed by atoms with E-state index in [2.05, 4.69) is 0 Å². The molecule has 0 aromatic heterocycles. The zero-order chi connectivity index (χ0) is 9.15. The fourth-order valence-corrected chi connectivity index (χ4v) is 2.68. The number of hydrogen-bond acceptors (Lipinski definition) is 2. The van der Waals surface area contributed by atoms with Crippen LogP contribution in [0.15, 0.2) is 0 Å². The van der Waals surface area contributed by atoms with Gasteiger partial charge in [-0.3, -0.25) is 0 Å². The van der Waals surface area contributed by atoms with E-state index in [0.29, 0.717) is 12.2 Å². The van der Waals surface area contributed by atoms with Crippen molar-refractivity contribution < 1.29 is 9.84 Å². The van der Waals surface area contributed by atoms with Gasteiger partial charge in [-0.2, -0.15) is 0 Å². The van der Waals surface area contributed by atoms with Gasteiger partial charge in [0, 0.05) is 13.2 Å². The van der Waals surface area contributed by atoms with Gasteiger partial charge in [0.15, 0.2) is 0 Å². The molecule has 1 heterocycles. The predicted molar refractivity (Wildman–Crippen MR) is 51.6 cm³/mol. The van der Waals surface area contributed by atoms with E-state index in [1.807, 2.05) is 0 Å². The average Bonchev–Trinajstić information content (AvgIpc) is 2.13. The van der Waals surface area contributed by atoms with Crippen LogP contribution in [0.2, 0.25) is 0 Å². The Morgan fingerprint density at radius 1 is 1.38 bits per heavy atom. The minimum Gasteiger partial charge on any atom is -0.396 e. The quantitative estimate of drug-likeness (QED) is 0.728. The van der Waals surface area contributed by atoms with Crippen molar-refractivity contribution in [3.8, 4) is 0 Å². The summed E-state index contributed by atoms with van der Waals surface area (Å²) in [4.78, 5) is 0. The van der Waals surface area contributed by atoms with Gasteiger partial charge >= 0.3 is 0 Å². The molecule has 2 aliphatic rings. The summed E-state index contributed by atoms with van der Waals surface area (Å²) >= 11 is 0. The van der Waals surface area contributed by atoms with Crippen LogP contribution < -0.4 is 0 Å². The molecule has 13 heavy (non-hydrogen) atoms. The Bertz CT molecular complexity index is 163. The topological polar surface area (TPSA) is 29.5 Å². The van der Waals surface area contributed by atoms with Crippen molar-refractivity contribution in [3.63, 3.8) is 0 Å². The molecular weight excluding hydrogens is 164 g/mol. The molecule has 1 aliphatic carbocycles. The van der Waals surface area contributed by atoms with Crippen LogP contribution >= 0.6 is 0 Å². The van der Waals surface area contributed by atoms with Crippen LogP contribution in [0, 0.1) is 5.92 Å². The number of ether oxygens (including phenoxy) is 1. The molecule has 2 nitrogen and oxygen atoms in total. The normalized spacial score (nSPS) is 31.6. The van der Waals surface area contributed by atoms with Gasteiger partial charge in [-0.15, -0.1) is 0 Å². The maximum atomic E-state index is 8.77. The van der Waals surface area contributed by atoms with E-state index in [0.717, 1.165) is 18.9 Å². The van der Waals surface area contributed by atoms with Crippen molar-refractivity contribution in [2.24, 2.45) is 5.92 Å². The highest BCUT2D eigenvalue weighted by Crippen LogP contribution is 2.45. The second-order valence-electron chi connectivity index (χ2n) is 4.61. The van der Waals surface area contributed by atoms with Gasteiger partial charge in [0.25, 0.3) is 0 Å². The summed E-state index contributed by atoms with van der Waals surface area (Å²) in [5.74, 6) is 0.821. The summed E-state index contributed by atoms with van der Waals surface area (Å²) in [6.07, 6.45) is 8.55. The van der Waals surface area contributed by atoms with Gasteiger partial charge in [-0.05, 0) is 50.9 Å². The van der Waals surface area contributed by atoms with Crippen molar-refractivity contribution in [1.29, 1.82) is 0 Å². The first-order chi connectivity index (χ1) is 6.35. The SMILES string of the molecule is OCCCC1CCOC2(CCC2)C1. The third kappa shape index (κ3) is 2.05. The molecule has 0 radical (unpaired) electrons. The Kier molecular flexibility index (Phi) is 2.89. The Morgan fingerprint density at radius 2 is 2.23 bits per heavy atom. The molecule has 0 aromatic carbocycles. The molecule has 2 heteroatoms. The summed E-state index contributed by atoms with van der Waals surface area (Å²) in [5.41, 5.74) is 0.290. The largest absolute Gasteiger partial charge is 0.396 e. The molecule has 1 spiro atoms. The lowest BCUT2D eigenvalue weighted by Gasteiger charge is -2.47. The molecule has 2 rings (SSSR count). The molecule has 2 fully saturated rings. The van der Waals surface area contributed by atoms with Crippen LogP contribution in [0.25, 0.3) is 0 Å². The van der Waals surface area contributed by atoms with E-state index in [4.69, 9.17) is 9.84 Å². The van der Waals surface area contributed by atoms with Crippen molar-refractivity contribution in [2.45, 2.75) is 50.5 Å². The maximum absolute atomic E-state index is 8.77. The average molecular weight is 184 g/mol. The third-order valence-electron chi connectivity index (χ3n) is 3.63. The molecule has 0 bridgehead atoms. The lowest BCUT2D eigenvalue weighted by Crippen LogP contribution is -2.45. The van der Waals surface area contributed by atoms with Crippen LogP contribution in [-0.2, 0) is 4.74 Å². The van der Waals surface area contributed by atoms with Crippen molar-refractivity contribution in [1.82, 2.24) is 0 Å². The first kappa shape index (κ1) is 9.47. The van der Waals surface area contributed by atoms with Crippen LogP contribution in [-0.4, -0.2) is 23.9 Å². The molecule has 76 valence electrons. The maximum Gasteiger partial charge on any atom is 0.0685 e. The number of hydrogen-bond donors (Lipinski definition) is 1. The Hall–Kier alpha value is -0.0800. The summed E-state index contributed by atoms with van der Waals surface area (Å²) in [6.45, 7) is 1.31. The minimum atomic E-state index is 0.290. The fourth-order valence-electron chi connectivity index (χ4n) is 2.68. The van der Waals surface area contributed by atoms with Crippen LogP contribution in [0.3, 0.4) is 0 Å². The van der Waals surface area contributed by atoms with E-state index >= 15 is 0 Å². The van der Waals surface area contributed by atoms with E-state index in [1.165, 1.54) is 38.5 Å². The Morgan fingerprint density at radius 3 is 2.85 bits per heavy atom. The number of aliphatic hydroxyl groups excluding tert-OH is 1. The molecule has 1 unspecified atom stereocenters. The van der Waals surface area contributed by atoms with Gasteiger partial charge in [0.2, 0.25) is 0 Å². The van der Waals surface area contributed by atoms with Gasteiger partial charge < -0.3 is 9.84 Å². The zero-order valence-electron chi connectivity index (χ0n) is 8.30. The number of aliphatic hydroxyl groups is 1. The third-order valence-corrected chi connectivity index (χ3v) is 3.63. The van der Waals surface area contributed by atoms with Crippen LogP contribution in [0.5, 0.6) is 0 Å². The standard InChI is InChI=1S/C11H20O2/c12-7-1-3-10-4-8-13-11(9-10)5-2-6-11/h10,12H,1-9H2. The van der Waals surface area contributed by atoms with Gasteiger partial charge in [0.05, 0.1) is 5.60 Å². The first-order valence-electron chi connectivity index (χ1n) is 5.59. The second kappa shape index (κ2) is 3.97. The molecule has 0 amide bonds. The first-order valence-corrected chi connectivity index (χ1v) is 5.59. The lowest BCUT2D eigenvalue weighted by atomic mass is 9.71. The van der Waals surface area contributed by atoms with Crippen molar-refractivity contribution >= 4 is 0 Å². The van der Waals surface area contributed by atoms with Gasteiger partial charge in [-0.25, -0.2) is 0 Å². The summed E-state index contributed by atoms with van der Waals surface area (Å²) in [6, 6.07) is 0. The van der Waals surface area contributed by atoms with Gasteiger partial charge in [0.1, 0.15) is 0 Å². The molecular formula is C11H20O2. The lowest BCUT2D eigenvalue weighted by molar-refractivity contribution is -0.144. The van der Waals surface area contributed by atoms with E-state index < -0.39 is 0 Å². The molecule has 0 aromatic rings. The van der Waals surface area contributed by atoms with Crippen LogP contribution in [0.4, 0.5) is 0 Å². The number of rotatable bonds is 3. The Labute approximate surface area is 80.3 Å². The van der Waals surface area contributed by atoms with E-state index in [-0.39, 0.29) is 0 Å². The van der Waals surface area contributed by atoms with E-state index in [1.54, 1.807) is 0 Å². The zero-order valence-corrected chi connectivity index (χ0v) is 8.30. The van der Waals surface area contributed by atoms with E-state index in [9.17, 15) is 0 Å². The molecule has 1 atom stereocenters. The summed E-state index contributed by atoms with van der Waals surface area (Å²) < 4.78 is 5.85. The predicted octanol–water partition coefficient (Wildman–Crippen LogP) is 2.11. The highest BCUT2D eigenvalue weighted by molar-refractivity contribution is 4.93. The molecule has 1 N–H and O–H groups in total. The van der Waals surface area contributed by atoms with Crippen LogP contribution in [0.1, 0.15) is 44.9 Å². The Balaban J connectivity index is 1.78. The molecule has 1 aliphatic heterocycles. The highest BCUT2D eigenvalue weighted by atomic mass is 16.5. The summed E-state index contributed by atoms with van der Waals surface area (Å²) in [7, 11) is 0. The monoisotopic (exact) mass is 184 g/mol. The minimum absolute atomic E-state index is 0.290. The smallest absolute Gasteiger partial charge is 0.0685 e. The van der Waals surface area contributed by atoms with Crippen molar-refractivity contribution in [3.05, 3.63) is 0 Å². The molecule has 1 saturated carbocycles. The fraction of sp³-hybridized carbons (Fsp3) is 1.00. The van der Waals surface area contributed by atoms with Crippen molar-refractivity contribution in [2.75, 3.05) is 13.2 Å². The highest BCUT2D eigenvalue weighted by Gasteiger charge is 2.42. The molecule has 1 saturated heterocycles. The second-order valence-corrected chi connectivity index (χ2v) is 4.61. The van der Waals surface area contributed by atoms with Gasteiger partial charge in [-0.1, -0.05) is 0 Å². The summed E-state index contributed by atoms with van der Waals surface area (Å²) in [5, 5.41) is 8.77.